The van der Waals surface area contributed by atoms with Gasteiger partial charge in [0.05, 0.1) is 25.7 Å². The molecule has 2 rings (SSSR count). The number of hydrogen-bond acceptors (Lipinski definition) is 11. The zero-order valence-electron chi connectivity index (χ0n) is 23.4. The first-order chi connectivity index (χ1) is 20.4. The number of rotatable bonds is 15. The van der Waals surface area contributed by atoms with Crippen LogP contribution in [0.5, 0.6) is 0 Å². The van der Waals surface area contributed by atoms with E-state index >= 15 is 0 Å². The van der Waals surface area contributed by atoms with Crippen molar-refractivity contribution in [1.29, 1.82) is 0 Å². The molecule has 2 heterocycles. The van der Waals surface area contributed by atoms with E-state index in [0.717, 1.165) is 0 Å². The molecule has 0 spiro atoms. The molecule has 0 unspecified atom stereocenters. The Labute approximate surface area is 258 Å². The van der Waals surface area contributed by atoms with E-state index in [2.05, 4.69) is 51.8 Å². The molecule has 0 bridgehead atoms. The summed E-state index contributed by atoms with van der Waals surface area (Å²) in [6.07, 6.45) is 1.78. The first kappa shape index (κ1) is 35.6. The molecular formula is C24H38N8O9S2. The van der Waals surface area contributed by atoms with Gasteiger partial charge in [0.25, 0.3) is 0 Å². The molecule has 0 saturated carbocycles. The van der Waals surface area contributed by atoms with Gasteiger partial charge in [0, 0.05) is 24.6 Å². The number of nitrogens with two attached hydrogens (primary N) is 1. The average molecular weight is 647 g/mol. The van der Waals surface area contributed by atoms with E-state index in [1.165, 1.54) is 9.80 Å². The topological polar surface area (TPSA) is 249 Å². The van der Waals surface area contributed by atoms with Crippen LogP contribution in [0, 0.1) is 0 Å². The van der Waals surface area contributed by atoms with Gasteiger partial charge in [0.1, 0.15) is 24.7 Å². The van der Waals surface area contributed by atoms with Crippen molar-refractivity contribution in [2.75, 3.05) is 50.8 Å². The van der Waals surface area contributed by atoms with Gasteiger partial charge in [-0.15, -0.1) is 0 Å². The van der Waals surface area contributed by atoms with E-state index in [4.69, 9.17) is 10.8 Å². The lowest BCUT2D eigenvalue weighted by Crippen LogP contribution is -2.54. The maximum Gasteiger partial charge on any atom is 0.322 e. The van der Waals surface area contributed by atoms with Crippen molar-refractivity contribution in [2.24, 2.45) is 5.73 Å². The lowest BCUT2D eigenvalue weighted by molar-refractivity contribution is -0.141. The van der Waals surface area contributed by atoms with Gasteiger partial charge in [-0.1, -0.05) is 0 Å². The molecule has 0 aromatic rings. The minimum atomic E-state index is -1.22. The minimum Gasteiger partial charge on any atom is -0.480 e. The van der Waals surface area contributed by atoms with Gasteiger partial charge in [0.2, 0.25) is 41.4 Å². The zero-order chi connectivity index (χ0) is 32.1. The van der Waals surface area contributed by atoms with Gasteiger partial charge in [-0.3, -0.25) is 38.4 Å². The number of nitrogens with one attached hydrogen (secondary N) is 5. The summed E-state index contributed by atoms with van der Waals surface area (Å²) >= 11 is 7.99. The molecule has 2 saturated heterocycles. The maximum absolute atomic E-state index is 12.7. The molecule has 7 amide bonds. The largest absolute Gasteiger partial charge is 0.480 e. The summed E-state index contributed by atoms with van der Waals surface area (Å²) < 4.78 is 0. The van der Waals surface area contributed by atoms with Gasteiger partial charge in [-0.2, -0.15) is 25.3 Å². The second-order valence-corrected chi connectivity index (χ2v) is 10.6. The first-order valence-corrected chi connectivity index (χ1v) is 14.8. The Morgan fingerprint density at radius 1 is 0.721 bits per heavy atom. The van der Waals surface area contributed by atoms with Crippen LogP contribution >= 0.6 is 25.3 Å². The van der Waals surface area contributed by atoms with Crippen molar-refractivity contribution in [2.45, 2.75) is 49.9 Å². The molecule has 19 heteroatoms. The summed E-state index contributed by atoms with van der Waals surface area (Å²) in [7, 11) is 0. The smallest absolute Gasteiger partial charge is 0.322 e. The van der Waals surface area contributed by atoms with Crippen LogP contribution in [0.1, 0.15) is 25.7 Å². The third-order valence-corrected chi connectivity index (χ3v) is 7.54. The van der Waals surface area contributed by atoms with Crippen LogP contribution in [-0.2, 0) is 38.4 Å². The fourth-order valence-electron chi connectivity index (χ4n) is 4.55. The van der Waals surface area contributed by atoms with Crippen molar-refractivity contribution in [3.8, 4) is 0 Å². The predicted octanol–water partition coefficient (Wildman–Crippen LogP) is -4.81. The number of thiol groups is 2. The standard InChI is InChI=1S/C24H38N8O9S2/c25-13(11-42)21(38)27-8-18(34)31-5-1-3-15(31)23(40)26-7-17(33)30-14(12-43)22(39)28-9-19(35)32-6-2-4-16(32)24(41)29-10-20(36)37/h13-16,42-43H,1-12,25H2,(H,26,40)(H,27,38)(H,28,39)(H,29,41)(H,30,33)(H,36,37)/t13-,14-,15-,16-/m0/s1. The zero-order valence-corrected chi connectivity index (χ0v) is 25.2. The Kier molecular flexibility index (Phi) is 14.5. The third-order valence-electron chi connectivity index (χ3n) is 6.78. The molecule has 8 N–H and O–H groups in total. The van der Waals surface area contributed by atoms with Crippen molar-refractivity contribution in [3.63, 3.8) is 0 Å². The van der Waals surface area contributed by atoms with Crippen LogP contribution in [-0.4, -0.2) is 137 Å². The van der Waals surface area contributed by atoms with Gasteiger partial charge in [-0.05, 0) is 25.7 Å². The molecule has 2 aliphatic rings. The molecule has 2 aliphatic heterocycles. The van der Waals surface area contributed by atoms with Crippen molar-refractivity contribution in [1.82, 2.24) is 36.4 Å². The summed E-state index contributed by atoms with van der Waals surface area (Å²) in [6, 6.07) is -3.72. The van der Waals surface area contributed by atoms with Crippen molar-refractivity contribution < 1.29 is 43.5 Å². The third kappa shape index (κ3) is 10.9. The lowest BCUT2D eigenvalue weighted by Gasteiger charge is -2.25. The van der Waals surface area contributed by atoms with Gasteiger partial charge < -0.3 is 47.2 Å². The number of carbonyl (C=O) groups is 8. The highest BCUT2D eigenvalue weighted by molar-refractivity contribution is 7.80. The Morgan fingerprint density at radius 2 is 1.21 bits per heavy atom. The quantitative estimate of drug-likeness (QED) is 0.0768. The monoisotopic (exact) mass is 646 g/mol. The van der Waals surface area contributed by atoms with Crippen molar-refractivity contribution >= 4 is 72.6 Å². The van der Waals surface area contributed by atoms with Crippen LogP contribution < -0.4 is 32.3 Å². The van der Waals surface area contributed by atoms with E-state index in [9.17, 15) is 38.4 Å². The SMILES string of the molecule is N[C@@H](CS)C(=O)NCC(=O)N1CCC[C@H]1C(=O)NCC(=O)N[C@@H](CS)C(=O)NCC(=O)N1CCC[C@H]1C(=O)NCC(=O)O. The van der Waals surface area contributed by atoms with Crippen molar-refractivity contribution in [3.05, 3.63) is 0 Å². The fourth-order valence-corrected chi connectivity index (χ4v) is 4.97. The van der Waals surface area contributed by atoms with Crippen LogP contribution in [0.2, 0.25) is 0 Å². The highest BCUT2D eigenvalue weighted by atomic mass is 32.1. The summed E-state index contributed by atoms with van der Waals surface area (Å²) in [6.45, 7) is -1.34. The number of likely N-dealkylation sites (tertiary alicyclic amines) is 2. The molecule has 17 nitrogen and oxygen atoms in total. The second kappa shape index (κ2) is 17.5. The summed E-state index contributed by atoms with van der Waals surface area (Å²) in [5.41, 5.74) is 5.56. The number of nitrogens with zero attached hydrogens (tertiary/aromatic N) is 2. The molecule has 240 valence electrons. The van der Waals surface area contributed by atoms with E-state index in [1.54, 1.807) is 0 Å². The molecular weight excluding hydrogens is 608 g/mol. The second-order valence-electron chi connectivity index (χ2n) is 9.85. The predicted molar refractivity (Wildman–Crippen MR) is 157 cm³/mol. The number of carbonyl (C=O) groups excluding carboxylic acids is 7. The van der Waals surface area contributed by atoms with Crippen LogP contribution in [0.25, 0.3) is 0 Å². The molecule has 2 fully saturated rings. The van der Waals surface area contributed by atoms with Gasteiger partial charge in [-0.25, -0.2) is 0 Å². The van der Waals surface area contributed by atoms with E-state index in [-0.39, 0.29) is 24.6 Å². The Morgan fingerprint density at radius 3 is 1.67 bits per heavy atom. The molecule has 4 atom stereocenters. The number of amides is 7. The number of aliphatic carboxylic acids is 1. The van der Waals surface area contributed by atoms with Crippen LogP contribution in [0.4, 0.5) is 0 Å². The fraction of sp³-hybridized carbons (Fsp3) is 0.667. The Hall–Kier alpha value is -3.58. The maximum atomic E-state index is 12.7. The highest BCUT2D eigenvalue weighted by Crippen LogP contribution is 2.18. The van der Waals surface area contributed by atoms with E-state index < -0.39 is 91.1 Å². The summed E-state index contributed by atoms with van der Waals surface area (Å²) in [4.78, 5) is 100. The van der Waals surface area contributed by atoms with E-state index in [0.29, 0.717) is 32.2 Å². The molecule has 0 aromatic carbocycles. The summed E-state index contributed by atoms with van der Waals surface area (Å²) in [5, 5.41) is 20.6. The van der Waals surface area contributed by atoms with Gasteiger partial charge in [0.15, 0.2) is 0 Å². The number of hydrogen-bond donors (Lipinski definition) is 9. The normalized spacial score (nSPS) is 19.1. The average Bonchev–Trinajstić information content (AvgIpc) is 3.69. The number of carboxylic acid groups (broad SMARTS) is 1. The number of carboxylic acids is 1. The molecule has 0 aliphatic carbocycles. The minimum absolute atomic E-state index is 0.0986. The summed E-state index contributed by atoms with van der Waals surface area (Å²) in [5.74, 6) is -5.46. The molecule has 0 radical (unpaired) electrons. The van der Waals surface area contributed by atoms with Crippen LogP contribution in [0.3, 0.4) is 0 Å². The molecule has 43 heavy (non-hydrogen) atoms. The Bertz CT molecular complexity index is 1100. The lowest BCUT2D eigenvalue weighted by atomic mass is 10.2. The molecule has 0 aromatic heterocycles. The van der Waals surface area contributed by atoms with E-state index in [1.807, 2.05) is 0 Å². The first-order valence-electron chi connectivity index (χ1n) is 13.6. The van der Waals surface area contributed by atoms with Crippen LogP contribution in [0.15, 0.2) is 0 Å². The Balaban J connectivity index is 1.79. The van der Waals surface area contributed by atoms with Gasteiger partial charge >= 0.3 is 5.97 Å². The highest BCUT2D eigenvalue weighted by Gasteiger charge is 2.35.